The van der Waals surface area contributed by atoms with Crippen LogP contribution in [0, 0.1) is 6.92 Å². The first-order valence-electron chi connectivity index (χ1n) is 9.15. The van der Waals surface area contributed by atoms with Crippen LogP contribution in [0.3, 0.4) is 0 Å². The third kappa shape index (κ3) is 2.70. The van der Waals surface area contributed by atoms with Crippen molar-refractivity contribution < 1.29 is 9.18 Å². The number of nitrogens with zero attached hydrogens (tertiary/aromatic N) is 7. The van der Waals surface area contributed by atoms with Gasteiger partial charge in [-0.05, 0) is 37.6 Å². The summed E-state index contributed by atoms with van der Waals surface area (Å²) >= 11 is 0. The number of halogens is 1. The Bertz CT molecular complexity index is 1050. The summed E-state index contributed by atoms with van der Waals surface area (Å²) in [7, 11) is 0. The third-order valence-electron chi connectivity index (χ3n) is 5.11. The molecule has 1 saturated heterocycles. The molecule has 8 nitrogen and oxygen atoms in total. The van der Waals surface area contributed by atoms with Crippen molar-refractivity contribution >= 4 is 17.5 Å². The second-order valence-corrected chi connectivity index (χ2v) is 6.98. The molecule has 0 spiro atoms. The highest BCUT2D eigenvalue weighted by Crippen LogP contribution is 2.28. The van der Waals surface area contributed by atoms with Crippen molar-refractivity contribution in [3.63, 3.8) is 0 Å². The van der Waals surface area contributed by atoms with Crippen LogP contribution in [0.2, 0.25) is 0 Å². The van der Waals surface area contributed by atoms with Crippen LogP contribution in [0.15, 0.2) is 36.7 Å². The van der Waals surface area contributed by atoms with Crippen LogP contribution in [0.4, 0.5) is 20.7 Å². The summed E-state index contributed by atoms with van der Waals surface area (Å²) in [5.74, 6) is 1.80. The van der Waals surface area contributed by atoms with Gasteiger partial charge in [0.2, 0.25) is 0 Å². The van der Waals surface area contributed by atoms with E-state index in [1.807, 2.05) is 30.0 Å². The summed E-state index contributed by atoms with van der Waals surface area (Å²) in [6.45, 7) is 3.26. The topological polar surface area (TPSA) is 80.0 Å². The minimum atomic E-state index is -0.798. The Kier molecular flexibility index (Phi) is 3.81. The van der Waals surface area contributed by atoms with Crippen LogP contribution in [0.1, 0.15) is 17.9 Å². The zero-order valence-electron chi connectivity index (χ0n) is 15.3. The molecular formula is C19H18FN7O. The SMILES string of the molecule is Cc1nc(N2CC[C@@H](F)C2)ccc1-c1nc2n(n1)C(=O)N(c1cccnc1)C2. The van der Waals surface area contributed by atoms with Gasteiger partial charge in [0.1, 0.15) is 12.0 Å². The number of aromatic nitrogens is 5. The van der Waals surface area contributed by atoms with E-state index in [-0.39, 0.29) is 6.03 Å². The summed E-state index contributed by atoms with van der Waals surface area (Å²) < 4.78 is 14.8. The Morgan fingerprint density at radius 2 is 2.11 bits per heavy atom. The van der Waals surface area contributed by atoms with Gasteiger partial charge in [0.25, 0.3) is 0 Å². The molecular weight excluding hydrogens is 361 g/mol. The molecule has 2 aliphatic rings. The van der Waals surface area contributed by atoms with Crippen LogP contribution in [-0.2, 0) is 6.54 Å². The molecule has 1 fully saturated rings. The largest absolute Gasteiger partial charge is 0.354 e. The van der Waals surface area contributed by atoms with Gasteiger partial charge in [-0.25, -0.2) is 19.2 Å². The van der Waals surface area contributed by atoms with Crippen molar-refractivity contribution in [2.75, 3.05) is 22.9 Å². The normalized spacial score (nSPS) is 18.8. The van der Waals surface area contributed by atoms with E-state index >= 15 is 0 Å². The highest BCUT2D eigenvalue weighted by molar-refractivity contribution is 5.95. The van der Waals surface area contributed by atoms with E-state index in [4.69, 9.17) is 0 Å². The Labute approximate surface area is 160 Å². The monoisotopic (exact) mass is 379 g/mol. The quantitative estimate of drug-likeness (QED) is 0.696. The van der Waals surface area contributed by atoms with Crippen LogP contribution in [0.5, 0.6) is 0 Å². The first-order valence-corrected chi connectivity index (χ1v) is 9.15. The van der Waals surface area contributed by atoms with E-state index < -0.39 is 6.17 Å². The lowest BCUT2D eigenvalue weighted by Gasteiger charge is -2.17. The minimum absolute atomic E-state index is 0.255. The van der Waals surface area contributed by atoms with E-state index in [0.29, 0.717) is 43.4 Å². The number of amides is 1. The molecule has 0 N–H and O–H groups in total. The molecule has 0 aromatic carbocycles. The maximum absolute atomic E-state index is 13.5. The smallest absolute Gasteiger partial charge is 0.351 e. The number of hydrogen-bond acceptors (Lipinski definition) is 6. The van der Waals surface area contributed by atoms with E-state index in [1.165, 1.54) is 4.68 Å². The Morgan fingerprint density at radius 3 is 2.79 bits per heavy atom. The molecule has 5 rings (SSSR count). The molecule has 142 valence electrons. The Morgan fingerprint density at radius 1 is 1.21 bits per heavy atom. The molecule has 5 heterocycles. The standard InChI is InChI=1S/C19H18FN7O/c1-12-15(4-5-16(22-12)25-8-6-13(20)10-25)18-23-17-11-26(19(28)27(17)24-18)14-3-2-7-21-9-14/h2-5,7,9,13H,6,8,10-11H2,1H3/t13-/m1/s1. The molecule has 28 heavy (non-hydrogen) atoms. The van der Waals surface area contributed by atoms with Gasteiger partial charge >= 0.3 is 6.03 Å². The number of fused-ring (bicyclic) bond motifs is 1. The fourth-order valence-electron chi connectivity index (χ4n) is 3.64. The van der Waals surface area contributed by atoms with Crippen LogP contribution >= 0.6 is 0 Å². The summed E-state index contributed by atoms with van der Waals surface area (Å²) in [4.78, 5) is 29.4. The van der Waals surface area contributed by atoms with Crippen LogP contribution in [0.25, 0.3) is 11.4 Å². The average Bonchev–Trinajstić information content (AvgIpc) is 3.39. The van der Waals surface area contributed by atoms with Gasteiger partial charge in [-0.2, -0.15) is 4.68 Å². The molecule has 1 atom stereocenters. The number of rotatable bonds is 3. The molecule has 1 amide bonds. The highest BCUT2D eigenvalue weighted by Gasteiger charge is 2.32. The summed E-state index contributed by atoms with van der Waals surface area (Å²) in [5, 5.41) is 4.40. The molecule has 0 radical (unpaired) electrons. The first kappa shape index (κ1) is 16.8. The van der Waals surface area contributed by atoms with Gasteiger partial charge in [-0.15, -0.1) is 5.10 Å². The molecule has 3 aromatic rings. The summed E-state index contributed by atoms with van der Waals surface area (Å²) in [6, 6.07) is 7.10. The van der Waals surface area contributed by atoms with Crippen molar-refractivity contribution in [2.24, 2.45) is 0 Å². The fourth-order valence-corrected chi connectivity index (χ4v) is 3.64. The van der Waals surface area contributed by atoms with Gasteiger partial charge in [0.15, 0.2) is 11.6 Å². The fraction of sp³-hybridized carbons (Fsp3) is 0.316. The lowest BCUT2D eigenvalue weighted by Crippen LogP contribution is -2.26. The number of anilines is 2. The molecule has 3 aromatic heterocycles. The van der Waals surface area contributed by atoms with E-state index in [0.717, 1.165) is 17.1 Å². The number of pyridine rings is 2. The van der Waals surface area contributed by atoms with E-state index in [2.05, 4.69) is 20.1 Å². The number of carbonyl (C=O) groups excluding carboxylic acids is 1. The Balaban J connectivity index is 1.41. The third-order valence-corrected chi connectivity index (χ3v) is 5.11. The Hall–Kier alpha value is -3.36. The highest BCUT2D eigenvalue weighted by atomic mass is 19.1. The second-order valence-electron chi connectivity index (χ2n) is 6.98. The molecule has 0 saturated carbocycles. The van der Waals surface area contributed by atoms with Gasteiger partial charge < -0.3 is 4.90 Å². The van der Waals surface area contributed by atoms with Crippen molar-refractivity contribution in [1.82, 2.24) is 24.7 Å². The van der Waals surface area contributed by atoms with Crippen LogP contribution < -0.4 is 9.80 Å². The lowest BCUT2D eigenvalue weighted by molar-refractivity contribution is 0.248. The number of aryl methyl sites for hydroxylation is 1. The second kappa shape index (κ2) is 6.36. The molecule has 2 aliphatic heterocycles. The van der Waals surface area contributed by atoms with Crippen molar-refractivity contribution in [3.8, 4) is 11.4 Å². The van der Waals surface area contributed by atoms with Crippen molar-refractivity contribution in [2.45, 2.75) is 26.1 Å². The van der Waals surface area contributed by atoms with Gasteiger partial charge in [-0.1, -0.05) is 0 Å². The molecule has 0 unspecified atom stereocenters. The van der Waals surface area contributed by atoms with Crippen molar-refractivity contribution in [1.29, 1.82) is 0 Å². The summed E-state index contributed by atoms with van der Waals surface area (Å²) in [6.07, 6.45) is 3.04. The predicted molar refractivity (Wildman–Crippen MR) is 101 cm³/mol. The first-order chi connectivity index (χ1) is 13.6. The minimum Gasteiger partial charge on any atom is -0.354 e. The van der Waals surface area contributed by atoms with Gasteiger partial charge in [0.05, 0.1) is 30.7 Å². The van der Waals surface area contributed by atoms with Gasteiger partial charge in [-0.3, -0.25) is 9.88 Å². The lowest BCUT2D eigenvalue weighted by atomic mass is 10.2. The predicted octanol–water partition coefficient (Wildman–Crippen LogP) is 2.58. The van der Waals surface area contributed by atoms with E-state index in [1.54, 1.807) is 23.4 Å². The number of carbonyl (C=O) groups is 1. The number of alkyl halides is 1. The number of hydrogen-bond donors (Lipinski definition) is 0. The maximum atomic E-state index is 13.5. The van der Waals surface area contributed by atoms with Crippen LogP contribution in [-0.4, -0.2) is 50.0 Å². The molecule has 9 heteroatoms. The van der Waals surface area contributed by atoms with Crippen molar-refractivity contribution in [3.05, 3.63) is 48.2 Å². The average molecular weight is 379 g/mol. The maximum Gasteiger partial charge on any atom is 0.351 e. The zero-order chi connectivity index (χ0) is 19.3. The van der Waals surface area contributed by atoms with E-state index in [9.17, 15) is 9.18 Å². The summed E-state index contributed by atoms with van der Waals surface area (Å²) in [5.41, 5.74) is 2.23. The zero-order valence-corrected chi connectivity index (χ0v) is 15.3. The molecule has 0 bridgehead atoms. The molecule has 0 aliphatic carbocycles. The van der Waals surface area contributed by atoms with Gasteiger partial charge in [0, 0.05) is 18.3 Å².